The van der Waals surface area contributed by atoms with Gasteiger partial charge in [0, 0.05) is 6.42 Å². The topological polar surface area (TPSA) is 16.4 Å². The second-order valence-electron chi connectivity index (χ2n) is 2.96. The molecule has 0 amide bonds. The summed E-state index contributed by atoms with van der Waals surface area (Å²) in [5.74, 6) is 2.12. The first-order chi connectivity index (χ1) is 5.22. The molecule has 0 N–H and O–H groups in total. The summed E-state index contributed by atoms with van der Waals surface area (Å²) in [4.78, 5) is 2.10. The monoisotopic (exact) mass is 153 g/mol. The molecule has 0 aliphatic carbocycles. The molecule has 1 aromatic heterocycles. The molecule has 0 aliphatic rings. The van der Waals surface area contributed by atoms with Crippen LogP contribution in [-0.2, 0) is 13.0 Å². The van der Waals surface area contributed by atoms with Crippen LogP contribution in [0.3, 0.4) is 0 Å². The molecule has 2 nitrogen and oxygen atoms in total. The molecule has 2 heteroatoms. The van der Waals surface area contributed by atoms with Gasteiger partial charge >= 0.3 is 0 Å². The Bertz CT molecular complexity index is 215. The van der Waals surface area contributed by atoms with E-state index < -0.39 is 0 Å². The quantitative estimate of drug-likeness (QED) is 0.659. The van der Waals surface area contributed by atoms with Gasteiger partial charge in [0.25, 0.3) is 0 Å². The molecule has 0 saturated carbocycles. The van der Waals surface area contributed by atoms with E-state index in [1.54, 1.807) is 0 Å². The van der Waals surface area contributed by atoms with Crippen LogP contribution in [0.15, 0.2) is 16.5 Å². The number of nitrogens with zero attached hydrogens (tertiary/aromatic N) is 1. The van der Waals surface area contributed by atoms with E-state index in [-0.39, 0.29) is 0 Å². The SMILES string of the molecule is CCc1ccc(CN(C)C)o1. The highest BCUT2D eigenvalue weighted by Gasteiger charge is 2.00. The van der Waals surface area contributed by atoms with Crippen molar-refractivity contribution in [2.24, 2.45) is 0 Å². The lowest BCUT2D eigenvalue weighted by Gasteiger charge is -2.05. The van der Waals surface area contributed by atoms with Crippen molar-refractivity contribution in [3.05, 3.63) is 23.7 Å². The zero-order valence-corrected chi connectivity index (χ0v) is 7.42. The third kappa shape index (κ3) is 2.39. The van der Waals surface area contributed by atoms with Gasteiger partial charge in [0.2, 0.25) is 0 Å². The summed E-state index contributed by atoms with van der Waals surface area (Å²) in [5, 5.41) is 0. The highest BCUT2D eigenvalue weighted by Crippen LogP contribution is 2.09. The van der Waals surface area contributed by atoms with Crippen LogP contribution >= 0.6 is 0 Å². The van der Waals surface area contributed by atoms with Crippen molar-refractivity contribution in [3.8, 4) is 0 Å². The zero-order chi connectivity index (χ0) is 8.27. The van der Waals surface area contributed by atoms with Crippen molar-refractivity contribution < 1.29 is 4.42 Å². The summed E-state index contributed by atoms with van der Waals surface area (Å²) in [6.45, 7) is 2.98. The first-order valence-electron chi connectivity index (χ1n) is 3.94. The molecule has 0 bridgehead atoms. The maximum Gasteiger partial charge on any atom is 0.118 e. The Morgan fingerprint density at radius 2 is 1.91 bits per heavy atom. The molecule has 0 unspecified atom stereocenters. The Kier molecular flexibility index (Phi) is 2.71. The molecule has 11 heavy (non-hydrogen) atoms. The molecule has 0 radical (unpaired) electrons. The maximum absolute atomic E-state index is 5.50. The van der Waals surface area contributed by atoms with Gasteiger partial charge in [-0.1, -0.05) is 6.92 Å². The highest BCUT2D eigenvalue weighted by atomic mass is 16.3. The van der Waals surface area contributed by atoms with E-state index in [2.05, 4.69) is 11.8 Å². The van der Waals surface area contributed by atoms with Crippen LogP contribution in [-0.4, -0.2) is 19.0 Å². The van der Waals surface area contributed by atoms with Crippen LogP contribution in [0.4, 0.5) is 0 Å². The van der Waals surface area contributed by atoms with Crippen molar-refractivity contribution in [1.29, 1.82) is 0 Å². The van der Waals surface area contributed by atoms with Crippen LogP contribution in [0.25, 0.3) is 0 Å². The second kappa shape index (κ2) is 3.58. The molecule has 0 spiro atoms. The average Bonchev–Trinajstić information content (AvgIpc) is 2.34. The molecule has 0 atom stereocenters. The van der Waals surface area contributed by atoms with E-state index >= 15 is 0 Å². The van der Waals surface area contributed by atoms with Gasteiger partial charge in [-0.2, -0.15) is 0 Å². The minimum absolute atomic E-state index is 0.889. The van der Waals surface area contributed by atoms with Crippen LogP contribution in [0, 0.1) is 0 Å². The Hall–Kier alpha value is -0.760. The largest absolute Gasteiger partial charge is 0.465 e. The highest BCUT2D eigenvalue weighted by molar-refractivity contribution is 5.06. The summed E-state index contributed by atoms with van der Waals surface area (Å²) in [7, 11) is 4.07. The molecular formula is C9H15NO. The van der Waals surface area contributed by atoms with Crippen LogP contribution in [0.5, 0.6) is 0 Å². The fourth-order valence-corrected chi connectivity index (χ4v) is 1.01. The Labute approximate surface area is 67.8 Å². The molecule has 0 fully saturated rings. The second-order valence-corrected chi connectivity index (χ2v) is 2.96. The molecule has 1 rings (SSSR count). The summed E-state index contributed by atoms with van der Waals surface area (Å²) in [6, 6.07) is 4.08. The van der Waals surface area contributed by atoms with Crippen LogP contribution in [0.2, 0.25) is 0 Å². The number of hydrogen-bond donors (Lipinski definition) is 0. The van der Waals surface area contributed by atoms with Gasteiger partial charge in [-0.15, -0.1) is 0 Å². The molecule has 0 aliphatic heterocycles. The van der Waals surface area contributed by atoms with Gasteiger partial charge in [-0.25, -0.2) is 0 Å². The fourth-order valence-electron chi connectivity index (χ4n) is 1.01. The first kappa shape index (κ1) is 8.34. The summed E-state index contributed by atoms with van der Waals surface area (Å²) < 4.78 is 5.50. The first-order valence-corrected chi connectivity index (χ1v) is 3.94. The number of rotatable bonds is 3. The minimum atomic E-state index is 0.889. The lowest BCUT2D eigenvalue weighted by atomic mass is 10.3. The van der Waals surface area contributed by atoms with E-state index in [9.17, 15) is 0 Å². The van der Waals surface area contributed by atoms with Crippen molar-refractivity contribution >= 4 is 0 Å². The minimum Gasteiger partial charge on any atom is -0.465 e. The Morgan fingerprint density at radius 1 is 1.27 bits per heavy atom. The van der Waals surface area contributed by atoms with Gasteiger partial charge in [-0.05, 0) is 26.2 Å². The predicted octanol–water partition coefficient (Wildman–Crippen LogP) is 1.90. The molecule has 1 heterocycles. The van der Waals surface area contributed by atoms with E-state index in [0.717, 1.165) is 24.5 Å². The van der Waals surface area contributed by atoms with Crippen LogP contribution < -0.4 is 0 Å². The summed E-state index contributed by atoms with van der Waals surface area (Å²) in [6.07, 6.45) is 0.980. The summed E-state index contributed by atoms with van der Waals surface area (Å²) >= 11 is 0. The average molecular weight is 153 g/mol. The maximum atomic E-state index is 5.50. The number of aryl methyl sites for hydroxylation is 1. The van der Waals surface area contributed by atoms with Crippen molar-refractivity contribution in [2.75, 3.05) is 14.1 Å². The van der Waals surface area contributed by atoms with E-state index in [4.69, 9.17) is 4.42 Å². The lowest BCUT2D eigenvalue weighted by molar-refractivity contribution is 0.342. The molecule has 0 saturated heterocycles. The third-order valence-electron chi connectivity index (χ3n) is 1.54. The fraction of sp³-hybridized carbons (Fsp3) is 0.556. The third-order valence-corrected chi connectivity index (χ3v) is 1.54. The molecule has 1 aromatic rings. The van der Waals surface area contributed by atoms with E-state index in [0.29, 0.717) is 0 Å². The van der Waals surface area contributed by atoms with Crippen LogP contribution in [0.1, 0.15) is 18.4 Å². The van der Waals surface area contributed by atoms with Gasteiger partial charge in [0.05, 0.1) is 6.54 Å². The van der Waals surface area contributed by atoms with Crippen molar-refractivity contribution in [1.82, 2.24) is 4.90 Å². The molecular weight excluding hydrogens is 138 g/mol. The Morgan fingerprint density at radius 3 is 2.36 bits per heavy atom. The summed E-state index contributed by atoms with van der Waals surface area (Å²) in [5.41, 5.74) is 0. The van der Waals surface area contributed by atoms with Crippen molar-refractivity contribution in [2.45, 2.75) is 19.9 Å². The van der Waals surface area contributed by atoms with E-state index in [1.807, 2.05) is 26.2 Å². The molecule has 62 valence electrons. The number of furan rings is 1. The smallest absolute Gasteiger partial charge is 0.118 e. The standard InChI is InChI=1S/C9H15NO/c1-4-8-5-6-9(11-8)7-10(2)3/h5-6H,4,7H2,1-3H3. The zero-order valence-electron chi connectivity index (χ0n) is 7.42. The van der Waals surface area contributed by atoms with Gasteiger partial charge in [0.15, 0.2) is 0 Å². The van der Waals surface area contributed by atoms with Crippen molar-refractivity contribution in [3.63, 3.8) is 0 Å². The number of hydrogen-bond acceptors (Lipinski definition) is 2. The lowest BCUT2D eigenvalue weighted by Crippen LogP contribution is -2.09. The van der Waals surface area contributed by atoms with E-state index in [1.165, 1.54) is 0 Å². The normalized spacial score (nSPS) is 10.9. The molecule has 0 aromatic carbocycles. The predicted molar refractivity (Wildman–Crippen MR) is 45.5 cm³/mol. The Balaban J connectivity index is 2.58. The van der Waals surface area contributed by atoms with Gasteiger partial charge < -0.3 is 9.32 Å². The van der Waals surface area contributed by atoms with Gasteiger partial charge in [0.1, 0.15) is 11.5 Å². The van der Waals surface area contributed by atoms with Gasteiger partial charge in [-0.3, -0.25) is 0 Å².